The van der Waals surface area contributed by atoms with E-state index in [0.717, 1.165) is 24.1 Å². The SMILES string of the molecule is Brc1cccc(CNCCn2cncn2)c1.Cl. The van der Waals surface area contributed by atoms with Gasteiger partial charge in [-0.1, -0.05) is 28.1 Å². The van der Waals surface area contributed by atoms with Crippen LogP contribution in [0.3, 0.4) is 0 Å². The van der Waals surface area contributed by atoms with Gasteiger partial charge in [0.1, 0.15) is 12.7 Å². The first kappa shape index (κ1) is 14.2. The van der Waals surface area contributed by atoms with Crippen molar-refractivity contribution in [1.29, 1.82) is 0 Å². The monoisotopic (exact) mass is 316 g/mol. The smallest absolute Gasteiger partial charge is 0.137 e. The van der Waals surface area contributed by atoms with Crippen LogP contribution in [0.1, 0.15) is 5.56 Å². The Labute approximate surface area is 115 Å². The summed E-state index contributed by atoms with van der Waals surface area (Å²) in [6.45, 7) is 2.60. The van der Waals surface area contributed by atoms with Gasteiger partial charge in [-0.05, 0) is 17.7 Å². The summed E-state index contributed by atoms with van der Waals surface area (Å²) in [5.74, 6) is 0. The number of nitrogens with one attached hydrogen (secondary N) is 1. The zero-order valence-corrected chi connectivity index (χ0v) is 11.6. The highest BCUT2D eigenvalue weighted by molar-refractivity contribution is 9.10. The highest BCUT2D eigenvalue weighted by atomic mass is 79.9. The Morgan fingerprint density at radius 3 is 2.94 bits per heavy atom. The summed E-state index contributed by atoms with van der Waals surface area (Å²) < 4.78 is 2.93. The second-order valence-electron chi connectivity index (χ2n) is 3.47. The van der Waals surface area contributed by atoms with Crippen molar-refractivity contribution in [3.8, 4) is 0 Å². The van der Waals surface area contributed by atoms with E-state index in [0.29, 0.717) is 0 Å². The Bertz CT molecular complexity index is 433. The number of rotatable bonds is 5. The van der Waals surface area contributed by atoms with Crippen molar-refractivity contribution in [2.24, 2.45) is 0 Å². The van der Waals surface area contributed by atoms with E-state index in [1.807, 2.05) is 16.8 Å². The normalized spacial score (nSPS) is 9.94. The fourth-order valence-electron chi connectivity index (χ4n) is 1.42. The van der Waals surface area contributed by atoms with Gasteiger partial charge in [-0.25, -0.2) is 4.98 Å². The molecule has 1 N–H and O–H groups in total. The molecular weight excluding hydrogens is 304 g/mol. The molecule has 2 aromatic rings. The summed E-state index contributed by atoms with van der Waals surface area (Å²) >= 11 is 3.45. The van der Waals surface area contributed by atoms with Crippen LogP contribution in [-0.4, -0.2) is 21.3 Å². The molecule has 1 aromatic heterocycles. The number of aromatic nitrogens is 3. The lowest BCUT2D eigenvalue weighted by Crippen LogP contribution is -2.19. The van der Waals surface area contributed by atoms with Gasteiger partial charge in [0.15, 0.2) is 0 Å². The summed E-state index contributed by atoms with van der Waals surface area (Å²) in [4.78, 5) is 3.89. The molecule has 2 rings (SSSR count). The van der Waals surface area contributed by atoms with E-state index in [2.05, 4.69) is 43.5 Å². The molecule has 0 saturated carbocycles. The minimum Gasteiger partial charge on any atom is -0.311 e. The lowest BCUT2D eigenvalue weighted by atomic mass is 10.2. The summed E-state index contributed by atoms with van der Waals surface area (Å²) in [6, 6.07) is 8.28. The van der Waals surface area contributed by atoms with E-state index >= 15 is 0 Å². The zero-order chi connectivity index (χ0) is 11.2. The average Bonchev–Trinajstić information content (AvgIpc) is 2.77. The molecule has 4 nitrogen and oxygen atoms in total. The van der Waals surface area contributed by atoms with Crippen molar-refractivity contribution < 1.29 is 0 Å². The van der Waals surface area contributed by atoms with Gasteiger partial charge in [-0.2, -0.15) is 5.10 Å². The quantitative estimate of drug-likeness (QED) is 0.860. The van der Waals surface area contributed by atoms with Crippen molar-refractivity contribution >= 4 is 28.3 Å². The fourth-order valence-corrected chi connectivity index (χ4v) is 1.87. The van der Waals surface area contributed by atoms with Gasteiger partial charge in [0, 0.05) is 17.6 Å². The van der Waals surface area contributed by atoms with E-state index < -0.39 is 0 Å². The maximum absolute atomic E-state index is 4.03. The first-order valence-corrected chi connectivity index (χ1v) is 5.91. The molecule has 0 bridgehead atoms. The van der Waals surface area contributed by atoms with Crippen LogP contribution in [-0.2, 0) is 13.1 Å². The molecule has 0 atom stereocenters. The molecule has 6 heteroatoms. The molecular formula is C11H14BrClN4. The number of hydrogen-bond acceptors (Lipinski definition) is 3. The second-order valence-corrected chi connectivity index (χ2v) is 4.38. The van der Waals surface area contributed by atoms with Crippen LogP contribution in [0, 0.1) is 0 Å². The van der Waals surface area contributed by atoms with Crippen molar-refractivity contribution in [2.45, 2.75) is 13.1 Å². The standard InChI is InChI=1S/C11H13BrN4.ClH/c12-11-3-1-2-10(6-11)7-13-4-5-16-9-14-8-15-16;/h1-3,6,8-9,13H,4-5,7H2;1H. The van der Waals surface area contributed by atoms with Crippen molar-refractivity contribution in [3.05, 3.63) is 47.0 Å². The van der Waals surface area contributed by atoms with Crippen LogP contribution in [0.4, 0.5) is 0 Å². The maximum Gasteiger partial charge on any atom is 0.137 e. The predicted molar refractivity (Wildman–Crippen MR) is 73.1 cm³/mol. The van der Waals surface area contributed by atoms with Crippen LogP contribution in [0.2, 0.25) is 0 Å². The Hall–Kier alpha value is -0.910. The van der Waals surface area contributed by atoms with E-state index in [1.165, 1.54) is 5.56 Å². The van der Waals surface area contributed by atoms with Gasteiger partial charge in [0.2, 0.25) is 0 Å². The molecule has 0 saturated heterocycles. The fraction of sp³-hybridized carbons (Fsp3) is 0.273. The molecule has 1 aromatic carbocycles. The molecule has 17 heavy (non-hydrogen) atoms. The van der Waals surface area contributed by atoms with Gasteiger partial charge in [0.25, 0.3) is 0 Å². The number of benzene rings is 1. The van der Waals surface area contributed by atoms with Crippen molar-refractivity contribution in [3.63, 3.8) is 0 Å². The molecule has 0 aliphatic rings. The lowest BCUT2D eigenvalue weighted by molar-refractivity contribution is 0.553. The van der Waals surface area contributed by atoms with E-state index in [1.54, 1.807) is 12.7 Å². The summed E-state index contributed by atoms with van der Waals surface area (Å²) in [5.41, 5.74) is 1.27. The molecule has 0 amide bonds. The Morgan fingerprint density at radius 1 is 1.35 bits per heavy atom. The molecule has 1 heterocycles. The zero-order valence-electron chi connectivity index (χ0n) is 9.21. The van der Waals surface area contributed by atoms with Crippen LogP contribution in [0.15, 0.2) is 41.4 Å². The molecule has 0 spiro atoms. The number of nitrogens with zero attached hydrogens (tertiary/aromatic N) is 3. The second kappa shape index (κ2) is 7.42. The minimum atomic E-state index is 0. The van der Waals surface area contributed by atoms with Gasteiger partial charge in [-0.3, -0.25) is 4.68 Å². The third-order valence-electron chi connectivity index (χ3n) is 2.20. The highest BCUT2D eigenvalue weighted by Gasteiger charge is 1.94. The minimum absolute atomic E-state index is 0. The largest absolute Gasteiger partial charge is 0.311 e. The third-order valence-corrected chi connectivity index (χ3v) is 2.70. The molecule has 0 unspecified atom stereocenters. The summed E-state index contributed by atoms with van der Waals surface area (Å²) in [5, 5.41) is 7.39. The van der Waals surface area contributed by atoms with Crippen LogP contribution < -0.4 is 5.32 Å². The molecule has 0 fully saturated rings. The van der Waals surface area contributed by atoms with E-state index in [9.17, 15) is 0 Å². The van der Waals surface area contributed by atoms with Gasteiger partial charge < -0.3 is 5.32 Å². The molecule has 0 radical (unpaired) electrons. The molecule has 92 valence electrons. The highest BCUT2D eigenvalue weighted by Crippen LogP contribution is 2.11. The Kier molecular flexibility index (Phi) is 6.18. The maximum atomic E-state index is 4.03. The molecule has 0 aliphatic heterocycles. The number of hydrogen-bond donors (Lipinski definition) is 1. The Morgan fingerprint density at radius 2 is 2.24 bits per heavy atom. The van der Waals surface area contributed by atoms with Crippen LogP contribution in [0.5, 0.6) is 0 Å². The van der Waals surface area contributed by atoms with Gasteiger partial charge >= 0.3 is 0 Å². The van der Waals surface area contributed by atoms with Crippen molar-refractivity contribution in [1.82, 2.24) is 20.1 Å². The van der Waals surface area contributed by atoms with Gasteiger partial charge in [0.05, 0.1) is 6.54 Å². The first-order valence-electron chi connectivity index (χ1n) is 5.12. The third kappa shape index (κ3) is 4.85. The van der Waals surface area contributed by atoms with E-state index in [4.69, 9.17) is 0 Å². The molecule has 0 aliphatic carbocycles. The lowest BCUT2D eigenvalue weighted by Gasteiger charge is -2.05. The summed E-state index contributed by atoms with van der Waals surface area (Å²) in [7, 11) is 0. The Balaban J connectivity index is 0.00000144. The topological polar surface area (TPSA) is 42.7 Å². The predicted octanol–water partition coefficient (Wildman–Crippen LogP) is 2.25. The number of halogens is 2. The van der Waals surface area contributed by atoms with Crippen LogP contribution in [0.25, 0.3) is 0 Å². The van der Waals surface area contributed by atoms with Crippen LogP contribution >= 0.6 is 28.3 Å². The average molecular weight is 318 g/mol. The van der Waals surface area contributed by atoms with Gasteiger partial charge in [-0.15, -0.1) is 12.4 Å². The van der Waals surface area contributed by atoms with E-state index in [-0.39, 0.29) is 12.4 Å². The first-order chi connectivity index (χ1) is 7.84. The summed E-state index contributed by atoms with van der Waals surface area (Å²) in [6.07, 6.45) is 3.27. The van der Waals surface area contributed by atoms with Crippen molar-refractivity contribution in [2.75, 3.05) is 6.54 Å².